The number of piperidine rings is 1. The van der Waals surface area contributed by atoms with E-state index in [0.29, 0.717) is 57.0 Å². The molecule has 1 fully saturated rings. The largest absolute Gasteiger partial charge is 0.476 e. The van der Waals surface area contributed by atoms with Crippen LogP contribution in [0.1, 0.15) is 38.9 Å². The third kappa shape index (κ3) is 9.28. The van der Waals surface area contributed by atoms with Crippen molar-refractivity contribution in [3.63, 3.8) is 0 Å². The van der Waals surface area contributed by atoms with Gasteiger partial charge in [-0.2, -0.15) is 0 Å². The van der Waals surface area contributed by atoms with E-state index in [2.05, 4.69) is 15.4 Å². The second-order valence-electron chi connectivity index (χ2n) is 11.4. The van der Waals surface area contributed by atoms with Crippen LogP contribution in [-0.4, -0.2) is 45.0 Å². The third-order valence-electron chi connectivity index (χ3n) is 7.83. The standard InChI is InChI=1S/C21H18Cl3N3OS.C16H8Cl3NO2S/c22-14-6-4-13(5-7-14)18-19(16-9-8-15(23)12-17(16)24)29-21(25-18)20(28)26-27-10-2-1-3-11-27;17-9-3-1-8(2-4-9)14-13(20-15(23-14)16(21)22)11-6-5-10(18)7-12(11)19/h4-9,12H,1-3,10-11H2,(H,26,28);1-7H,(H,21,22). The summed E-state index contributed by atoms with van der Waals surface area (Å²) in [6.07, 6.45) is 3.36. The Labute approximate surface area is 337 Å². The van der Waals surface area contributed by atoms with E-state index in [-0.39, 0.29) is 10.9 Å². The fraction of sp³-hybridized carbons (Fsp3) is 0.135. The molecular weight excluding hydrogens is 825 g/mol. The molecular formula is C37H26Cl6N4O3S2. The van der Waals surface area contributed by atoms with Gasteiger partial charge < -0.3 is 5.11 Å². The number of thiazole rings is 2. The molecule has 266 valence electrons. The van der Waals surface area contributed by atoms with Crippen molar-refractivity contribution in [1.29, 1.82) is 0 Å². The summed E-state index contributed by atoms with van der Waals surface area (Å²) in [5, 5.41) is 14.8. The Balaban J connectivity index is 0.000000183. The van der Waals surface area contributed by atoms with Crippen molar-refractivity contribution in [2.24, 2.45) is 0 Å². The second-order valence-corrected chi connectivity index (χ2v) is 16.0. The van der Waals surface area contributed by atoms with Crippen molar-refractivity contribution in [3.8, 4) is 43.4 Å². The van der Waals surface area contributed by atoms with Crippen LogP contribution in [0, 0.1) is 0 Å². The molecule has 6 aromatic rings. The zero-order valence-corrected chi connectivity index (χ0v) is 33.0. The first kappa shape index (κ1) is 38.5. The number of carboxylic acids is 1. The lowest BCUT2D eigenvalue weighted by molar-refractivity contribution is 0.0695. The number of hydrogen-bond donors (Lipinski definition) is 2. The number of nitrogens with one attached hydrogen (secondary N) is 1. The number of carbonyl (C=O) groups excluding carboxylic acids is 1. The molecule has 0 unspecified atom stereocenters. The first-order valence-corrected chi connectivity index (χ1v) is 19.6. The zero-order chi connectivity index (χ0) is 36.9. The highest BCUT2D eigenvalue weighted by Crippen LogP contribution is 2.42. The van der Waals surface area contributed by atoms with Crippen LogP contribution < -0.4 is 5.43 Å². The molecule has 0 spiro atoms. The highest BCUT2D eigenvalue weighted by molar-refractivity contribution is 7.18. The van der Waals surface area contributed by atoms with E-state index < -0.39 is 5.97 Å². The van der Waals surface area contributed by atoms with E-state index in [0.717, 1.165) is 58.8 Å². The van der Waals surface area contributed by atoms with Crippen LogP contribution in [0.3, 0.4) is 0 Å². The lowest BCUT2D eigenvalue weighted by Gasteiger charge is -2.26. The molecule has 7 rings (SSSR count). The van der Waals surface area contributed by atoms with Crippen LogP contribution in [0.15, 0.2) is 84.9 Å². The average molecular weight is 851 g/mol. The molecule has 1 aliphatic rings. The van der Waals surface area contributed by atoms with Gasteiger partial charge in [0.25, 0.3) is 5.91 Å². The van der Waals surface area contributed by atoms with Crippen molar-refractivity contribution in [2.45, 2.75) is 19.3 Å². The van der Waals surface area contributed by atoms with Gasteiger partial charge in [-0.15, -0.1) is 22.7 Å². The zero-order valence-electron chi connectivity index (χ0n) is 26.8. The molecule has 0 radical (unpaired) electrons. The van der Waals surface area contributed by atoms with Gasteiger partial charge in [0.05, 0.1) is 31.2 Å². The third-order valence-corrected chi connectivity index (χ3v) is 11.6. The van der Waals surface area contributed by atoms with Crippen LogP contribution in [0.5, 0.6) is 0 Å². The Morgan fingerprint density at radius 2 is 1.10 bits per heavy atom. The van der Waals surface area contributed by atoms with Crippen molar-refractivity contribution in [3.05, 3.63) is 125 Å². The molecule has 7 nitrogen and oxygen atoms in total. The van der Waals surface area contributed by atoms with E-state index in [1.807, 2.05) is 35.3 Å². The van der Waals surface area contributed by atoms with Crippen molar-refractivity contribution in [2.75, 3.05) is 13.1 Å². The molecule has 1 amide bonds. The maximum absolute atomic E-state index is 12.9. The Bertz CT molecular complexity index is 2240. The lowest BCUT2D eigenvalue weighted by Crippen LogP contribution is -2.45. The number of nitrogens with zero attached hydrogens (tertiary/aromatic N) is 3. The van der Waals surface area contributed by atoms with Gasteiger partial charge >= 0.3 is 5.97 Å². The number of aromatic nitrogens is 2. The molecule has 2 N–H and O–H groups in total. The summed E-state index contributed by atoms with van der Waals surface area (Å²) in [5.41, 5.74) is 7.28. The van der Waals surface area contributed by atoms with E-state index in [1.54, 1.807) is 54.6 Å². The van der Waals surface area contributed by atoms with Gasteiger partial charge in [0.1, 0.15) is 0 Å². The number of carboxylic acid groups (broad SMARTS) is 1. The molecule has 1 saturated heterocycles. The minimum absolute atomic E-state index is 0.00373. The molecule has 0 saturated carbocycles. The molecule has 15 heteroatoms. The summed E-state index contributed by atoms with van der Waals surface area (Å²) in [6.45, 7) is 1.72. The van der Waals surface area contributed by atoms with Crippen molar-refractivity contribution >= 4 is 104 Å². The van der Waals surface area contributed by atoms with E-state index in [4.69, 9.17) is 69.6 Å². The second kappa shape index (κ2) is 17.3. The Morgan fingerprint density at radius 3 is 1.65 bits per heavy atom. The smallest absolute Gasteiger partial charge is 0.365 e. The van der Waals surface area contributed by atoms with Crippen LogP contribution >= 0.6 is 92.3 Å². The van der Waals surface area contributed by atoms with Crippen molar-refractivity contribution in [1.82, 2.24) is 20.4 Å². The average Bonchev–Trinajstić information content (AvgIpc) is 3.76. The minimum Gasteiger partial charge on any atom is -0.476 e. The number of benzene rings is 4. The van der Waals surface area contributed by atoms with Gasteiger partial charge in [0.15, 0.2) is 5.01 Å². The van der Waals surface area contributed by atoms with Gasteiger partial charge in [-0.1, -0.05) is 106 Å². The lowest BCUT2D eigenvalue weighted by atomic mass is 10.1. The summed E-state index contributed by atoms with van der Waals surface area (Å²) in [5.74, 6) is -1.29. The highest BCUT2D eigenvalue weighted by Gasteiger charge is 2.23. The fourth-order valence-electron chi connectivity index (χ4n) is 5.35. The van der Waals surface area contributed by atoms with Gasteiger partial charge in [-0.05, 0) is 73.0 Å². The van der Waals surface area contributed by atoms with Crippen LogP contribution in [0.2, 0.25) is 30.1 Å². The maximum atomic E-state index is 12.9. The van der Waals surface area contributed by atoms with E-state index in [1.165, 1.54) is 17.8 Å². The molecule has 52 heavy (non-hydrogen) atoms. The van der Waals surface area contributed by atoms with Gasteiger partial charge in [0, 0.05) is 49.9 Å². The molecule has 2 aromatic heterocycles. The number of hydrogen-bond acceptors (Lipinski definition) is 7. The van der Waals surface area contributed by atoms with E-state index in [9.17, 15) is 14.7 Å². The SMILES string of the molecule is O=C(NN1CCCCC1)c1nc(-c2ccc(Cl)cc2)c(-c2ccc(Cl)cc2Cl)s1.O=C(O)c1nc(-c2ccc(Cl)cc2Cl)c(-c2ccc(Cl)cc2)s1. The molecule has 0 aliphatic carbocycles. The van der Waals surface area contributed by atoms with Gasteiger partial charge in [-0.25, -0.2) is 19.8 Å². The normalized spacial score (nSPS) is 13.0. The topological polar surface area (TPSA) is 95.4 Å². The van der Waals surface area contributed by atoms with Crippen molar-refractivity contribution < 1.29 is 14.7 Å². The highest BCUT2D eigenvalue weighted by atomic mass is 35.5. The summed E-state index contributed by atoms with van der Waals surface area (Å²) >= 11 is 39.1. The Morgan fingerprint density at radius 1 is 0.596 bits per heavy atom. The number of carbonyl (C=O) groups is 2. The number of halogens is 6. The molecule has 0 bridgehead atoms. The predicted molar refractivity (Wildman–Crippen MR) is 216 cm³/mol. The van der Waals surface area contributed by atoms with E-state index >= 15 is 0 Å². The fourth-order valence-corrected chi connectivity index (χ4v) is 8.60. The monoisotopic (exact) mass is 848 g/mol. The molecule has 1 aliphatic heterocycles. The van der Waals surface area contributed by atoms with Gasteiger partial charge in [0.2, 0.25) is 5.01 Å². The summed E-state index contributed by atoms with van der Waals surface area (Å²) in [7, 11) is 0. The summed E-state index contributed by atoms with van der Waals surface area (Å²) < 4.78 is 0. The molecule has 4 aromatic carbocycles. The number of rotatable bonds is 7. The Kier molecular flexibility index (Phi) is 12.8. The first-order valence-electron chi connectivity index (χ1n) is 15.7. The minimum atomic E-state index is -1.08. The molecule has 3 heterocycles. The first-order chi connectivity index (χ1) is 25.0. The number of hydrazine groups is 1. The van der Waals surface area contributed by atoms with Gasteiger partial charge in [-0.3, -0.25) is 10.2 Å². The van der Waals surface area contributed by atoms with Crippen LogP contribution in [0.4, 0.5) is 0 Å². The number of amides is 1. The number of aromatic carboxylic acids is 1. The quantitative estimate of drug-likeness (QED) is 0.166. The summed E-state index contributed by atoms with van der Waals surface area (Å²) in [4.78, 5) is 34.6. The molecule has 0 atom stereocenters. The van der Waals surface area contributed by atoms with Crippen LogP contribution in [0.25, 0.3) is 43.4 Å². The maximum Gasteiger partial charge on any atom is 0.365 e. The Hall–Kier alpha value is -3.22. The summed E-state index contributed by atoms with van der Waals surface area (Å²) in [6, 6.07) is 24.8. The predicted octanol–water partition coefficient (Wildman–Crippen LogP) is 12.7. The van der Waals surface area contributed by atoms with Crippen LogP contribution in [-0.2, 0) is 0 Å².